The SMILES string of the molecule is CC(C)CN(C)S(=O)(=O)c1cc(N)cc2c1OCCC2. The van der Waals surface area contributed by atoms with E-state index in [2.05, 4.69) is 0 Å². The van der Waals surface area contributed by atoms with E-state index >= 15 is 0 Å². The third kappa shape index (κ3) is 2.91. The summed E-state index contributed by atoms with van der Waals surface area (Å²) >= 11 is 0. The highest BCUT2D eigenvalue weighted by atomic mass is 32.2. The van der Waals surface area contributed by atoms with Crippen molar-refractivity contribution in [2.24, 2.45) is 5.92 Å². The Morgan fingerprint density at radius 3 is 2.75 bits per heavy atom. The van der Waals surface area contributed by atoms with Crippen LogP contribution in [0.15, 0.2) is 17.0 Å². The van der Waals surface area contributed by atoms with Crippen molar-refractivity contribution in [3.63, 3.8) is 0 Å². The lowest BCUT2D eigenvalue weighted by molar-refractivity contribution is 0.279. The van der Waals surface area contributed by atoms with Gasteiger partial charge in [0.2, 0.25) is 10.0 Å². The molecular formula is C14H22N2O3S. The van der Waals surface area contributed by atoms with Crippen LogP contribution in [0.25, 0.3) is 0 Å². The number of nitrogens with zero attached hydrogens (tertiary/aromatic N) is 1. The highest BCUT2D eigenvalue weighted by molar-refractivity contribution is 7.89. The van der Waals surface area contributed by atoms with Crippen LogP contribution in [0.5, 0.6) is 5.75 Å². The van der Waals surface area contributed by atoms with Crippen LogP contribution in [-0.2, 0) is 16.4 Å². The minimum absolute atomic E-state index is 0.190. The number of sulfonamides is 1. The lowest BCUT2D eigenvalue weighted by Gasteiger charge is -2.24. The van der Waals surface area contributed by atoms with Gasteiger partial charge in [-0.25, -0.2) is 12.7 Å². The van der Waals surface area contributed by atoms with Crippen molar-refractivity contribution in [2.75, 3.05) is 25.9 Å². The molecule has 2 rings (SSSR count). The molecule has 112 valence electrons. The summed E-state index contributed by atoms with van der Waals surface area (Å²) in [6, 6.07) is 3.30. The Labute approximate surface area is 120 Å². The van der Waals surface area contributed by atoms with Crippen molar-refractivity contribution in [2.45, 2.75) is 31.6 Å². The molecule has 0 bridgehead atoms. The maximum atomic E-state index is 12.7. The molecule has 0 saturated heterocycles. The number of ether oxygens (including phenoxy) is 1. The molecule has 2 N–H and O–H groups in total. The molecule has 0 fully saturated rings. The van der Waals surface area contributed by atoms with Crippen LogP contribution >= 0.6 is 0 Å². The zero-order valence-electron chi connectivity index (χ0n) is 12.2. The van der Waals surface area contributed by atoms with Crippen LogP contribution in [0, 0.1) is 5.92 Å². The van der Waals surface area contributed by atoms with Crippen LogP contribution in [0.4, 0.5) is 5.69 Å². The van der Waals surface area contributed by atoms with Crippen molar-refractivity contribution in [3.8, 4) is 5.75 Å². The van der Waals surface area contributed by atoms with Gasteiger partial charge in [-0.15, -0.1) is 0 Å². The van der Waals surface area contributed by atoms with Crippen molar-refractivity contribution < 1.29 is 13.2 Å². The number of anilines is 1. The zero-order valence-corrected chi connectivity index (χ0v) is 13.0. The van der Waals surface area contributed by atoms with Gasteiger partial charge in [0.15, 0.2) is 0 Å². The molecule has 1 aliphatic heterocycles. The maximum absolute atomic E-state index is 12.7. The van der Waals surface area contributed by atoms with Crippen LogP contribution < -0.4 is 10.5 Å². The first-order valence-corrected chi connectivity index (χ1v) is 8.28. The summed E-state index contributed by atoms with van der Waals surface area (Å²) in [6.07, 6.45) is 1.69. The fourth-order valence-electron chi connectivity index (χ4n) is 2.44. The summed E-state index contributed by atoms with van der Waals surface area (Å²) in [5.41, 5.74) is 7.19. The van der Waals surface area contributed by atoms with E-state index in [1.807, 2.05) is 13.8 Å². The Morgan fingerprint density at radius 2 is 2.10 bits per heavy atom. The first-order valence-electron chi connectivity index (χ1n) is 6.84. The second-order valence-electron chi connectivity index (χ2n) is 5.64. The van der Waals surface area contributed by atoms with Gasteiger partial charge >= 0.3 is 0 Å². The van der Waals surface area contributed by atoms with Crippen molar-refractivity contribution in [1.82, 2.24) is 4.31 Å². The molecule has 1 aromatic carbocycles. The highest BCUT2D eigenvalue weighted by Crippen LogP contribution is 2.35. The smallest absolute Gasteiger partial charge is 0.246 e. The average molecular weight is 298 g/mol. The van der Waals surface area contributed by atoms with Gasteiger partial charge in [-0.1, -0.05) is 13.8 Å². The van der Waals surface area contributed by atoms with Crippen molar-refractivity contribution >= 4 is 15.7 Å². The van der Waals surface area contributed by atoms with Gasteiger partial charge in [-0.2, -0.15) is 0 Å². The second kappa shape index (κ2) is 5.61. The zero-order chi connectivity index (χ0) is 14.9. The number of aryl methyl sites for hydroxylation is 1. The molecular weight excluding hydrogens is 276 g/mol. The van der Waals surface area contributed by atoms with Crippen LogP contribution in [0.1, 0.15) is 25.8 Å². The largest absolute Gasteiger partial charge is 0.492 e. The molecule has 1 heterocycles. The summed E-state index contributed by atoms with van der Waals surface area (Å²) in [6.45, 7) is 4.98. The Hall–Kier alpha value is -1.27. The topological polar surface area (TPSA) is 72.6 Å². The number of hydrogen-bond acceptors (Lipinski definition) is 4. The van der Waals surface area contributed by atoms with E-state index in [0.717, 1.165) is 18.4 Å². The highest BCUT2D eigenvalue weighted by Gasteiger charge is 2.28. The van der Waals surface area contributed by atoms with Crippen molar-refractivity contribution in [3.05, 3.63) is 17.7 Å². The van der Waals surface area contributed by atoms with Gasteiger partial charge in [0, 0.05) is 19.3 Å². The minimum Gasteiger partial charge on any atom is -0.492 e. The second-order valence-corrected chi connectivity index (χ2v) is 7.65. The molecule has 1 aromatic rings. The maximum Gasteiger partial charge on any atom is 0.246 e. The Morgan fingerprint density at radius 1 is 1.40 bits per heavy atom. The molecule has 0 aliphatic carbocycles. The Bertz CT molecular complexity index is 597. The summed E-state index contributed by atoms with van der Waals surface area (Å²) in [7, 11) is -1.98. The monoisotopic (exact) mass is 298 g/mol. The molecule has 1 aliphatic rings. The number of rotatable bonds is 4. The molecule has 0 spiro atoms. The van der Waals surface area contributed by atoms with Gasteiger partial charge in [0.25, 0.3) is 0 Å². The molecule has 0 radical (unpaired) electrons. The van der Waals surface area contributed by atoms with Gasteiger partial charge in [-0.3, -0.25) is 0 Å². The summed E-state index contributed by atoms with van der Waals surface area (Å²) in [5, 5.41) is 0. The fourth-order valence-corrected chi connectivity index (χ4v) is 3.98. The molecule has 5 nitrogen and oxygen atoms in total. The predicted molar refractivity (Wildman–Crippen MR) is 79.3 cm³/mol. The first-order chi connectivity index (χ1) is 9.32. The van der Waals surface area contributed by atoms with Crippen molar-refractivity contribution in [1.29, 1.82) is 0 Å². The van der Waals surface area contributed by atoms with E-state index < -0.39 is 10.0 Å². The number of nitrogens with two attached hydrogens (primary N) is 1. The molecule has 0 unspecified atom stereocenters. The van der Waals surface area contributed by atoms with Gasteiger partial charge < -0.3 is 10.5 Å². The Balaban J connectivity index is 2.48. The number of nitrogen functional groups attached to an aromatic ring is 1. The first kappa shape index (κ1) is 15.1. The van der Waals surface area contributed by atoms with E-state index in [-0.39, 0.29) is 10.8 Å². The van der Waals surface area contributed by atoms with Gasteiger partial charge in [-0.05, 0) is 36.5 Å². The average Bonchev–Trinajstić information content (AvgIpc) is 2.36. The molecule has 20 heavy (non-hydrogen) atoms. The van der Waals surface area contributed by atoms with Crippen LogP contribution in [0.3, 0.4) is 0 Å². The summed E-state index contributed by atoms with van der Waals surface area (Å²) in [4.78, 5) is 0.190. The number of benzene rings is 1. The van der Waals surface area contributed by atoms with E-state index in [1.165, 1.54) is 10.4 Å². The Kier molecular flexibility index (Phi) is 4.25. The number of fused-ring (bicyclic) bond motifs is 1. The van der Waals surface area contributed by atoms with Crippen LogP contribution in [-0.4, -0.2) is 32.9 Å². The minimum atomic E-state index is -3.57. The quantitative estimate of drug-likeness (QED) is 0.861. The normalized spacial score (nSPS) is 15.2. The van der Waals surface area contributed by atoms with E-state index in [0.29, 0.717) is 24.6 Å². The fraction of sp³-hybridized carbons (Fsp3) is 0.571. The van der Waals surface area contributed by atoms with Gasteiger partial charge in [0.1, 0.15) is 10.6 Å². The van der Waals surface area contributed by atoms with E-state index in [1.54, 1.807) is 13.1 Å². The van der Waals surface area contributed by atoms with E-state index in [9.17, 15) is 8.42 Å². The van der Waals surface area contributed by atoms with Crippen LogP contribution in [0.2, 0.25) is 0 Å². The molecule has 0 amide bonds. The molecule has 0 saturated carbocycles. The predicted octanol–water partition coefficient (Wildman–Crippen LogP) is 1.87. The molecule has 0 atom stereocenters. The molecule has 0 aromatic heterocycles. The lowest BCUT2D eigenvalue weighted by atomic mass is 10.1. The standard InChI is InChI=1S/C14H22N2O3S/c1-10(2)9-16(3)20(17,18)13-8-12(15)7-11-5-4-6-19-14(11)13/h7-8,10H,4-6,9,15H2,1-3H3. The van der Waals surface area contributed by atoms with E-state index in [4.69, 9.17) is 10.5 Å². The lowest BCUT2D eigenvalue weighted by Crippen LogP contribution is -2.31. The summed E-state index contributed by atoms with van der Waals surface area (Å²) < 4.78 is 32.3. The van der Waals surface area contributed by atoms with Gasteiger partial charge in [0.05, 0.1) is 6.61 Å². The number of hydrogen-bond donors (Lipinski definition) is 1. The third-order valence-corrected chi connectivity index (χ3v) is 5.13. The molecule has 6 heteroatoms. The third-order valence-electron chi connectivity index (χ3n) is 3.30. The summed E-state index contributed by atoms with van der Waals surface area (Å²) in [5.74, 6) is 0.730.